The van der Waals surface area contributed by atoms with Crippen LogP contribution in [0.15, 0.2) is 42.6 Å². The average Bonchev–Trinajstić information content (AvgIpc) is 2.88. The van der Waals surface area contributed by atoms with Crippen molar-refractivity contribution >= 4 is 5.65 Å². The number of aliphatic hydroxyl groups is 1. The van der Waals surface area contributed by atoms with E-state index in [1.165, 1.54) is 6.07 Å². The summed E-state index contributed by atoms with van der Waals surface area (Å²) in [7, 11) is 0. The molecule has 0 unspecified atom stereocenters. The molecule has 0 atom stereocenters. The fraction of sp³-hybridized carbons (Fsp3) is 0.188. The lowest BCUT2D eigenvalue weighted by Crippen LogP contribution is -1.97. The van der Waals surface area contributed by atoms with Crippen LogP contribution < -0.4 is 4.74 Å². The Hall–Kier alpha value is -2.40. The number of benzene rings is 1. The van der Waals surface area contributed by atoms with Crippen molar-refractivity contribution in [3.63, 3.8) is 0 Å². The van der Waals surface area contributed by atoms with Crippen LogP contribution in [0.25, 0.3) is 16.9 Å². The van der Waals surface area contributed by atoms with Crippen LogP contribution in [0.1, 0.15) is 12.6 Å². The third-order valence-corrected chi connectivity index (χ3v) is 3.29. The first-order chi connectivity index (χ1) is 10.3. The normalized spacial score (nSPS) is 11.0. The molecule has 2 heterocycles. The largest absolute Gasteiger partial charge is 0.493 e. The second-order valence-corrected chi connectivity index (χ2v) is 4.54. The van der Waals surface area contributed by atoms with Crippen molar-refractivity contribution in [3.05, 3.63) is 54.1 Å². The Labute approximate surface area is 121 Å². The van der Waals surface area contributed by atoms with Crippen molar-refractivity contribution < 1.29 is 14.2 Å². The number of halogens is 1. The lowest BCUT2D eigenvalue weighted by molar-refractivity contribution is 0.276. The first-order valence-corrected chi connectivity index (χ1v) is 6.74. The fourth-order valence-electron chi connectivity index (χ4n) is 2.39. The summed E-state index contributed by atoms with van der Waals surface area (Å²) in [6.45, 7) is 2.18. The number of pyridine rings is 1. The molecular formula is C16H15FN2O2. The number of aromatic nitrogens is 2. The Morgan fingerprint density at radius 3 is 2.81 bits per heavy atom. The van der Waals surface area contributed by atoms with E-state index in [1.807, 2.05) is 31.2 Å². The van der Waals surface area contributed by atoms with Crippen molar-refractivity contribution in [1.29, 1.82) is 0 Å². The molecule has 0 saturated carbocycles. The number of hydrogen-bond donors (Lipinski definition) is 1. The van der Waals surface area contributed by atoms with E-state index >= 15 is 0 Å². The molecular weight excluding hydrogens is 271 g/mol. The van der Waals surface area contributed by atoms with E-state index < -0.39 is 5.82 Å². The predicted molar refractivity (Wildman–Crippen MR) is 77.7 cm³/mol. The van der Waals surface area contributed by atoms with Gasteiger partial charge in [-0.05, 0) is 31.2 Å². The maximum absolute atomic E-state index is 13.9. The molecule has 5 heteroatoms. The van der Waals surface area contributed by atoms with Crippen molar-refractivity contribution in [2.75, 3.05) is 6.61 Å². The van der Waals surface area contributed by atoms with Gasteiger partial charge in [-0.25, -0.2) is 9.37 Å². The fourth-order valence-corrected chi connectivity index (χ4v) is 2.39. The van der Waals surface area contributed by atoms with Gasteiger partial charge in [0.1, 0.15) is 5.75 Å². The van der Waals surface area contributed by atoms with E-state index in [0.29, 0.717) is 23.7 Å². The van der Waals surface area contributed by atoms with Gasteiger partial charge in [0.15, 0.2) is 11.5 Å². The van der Waals surface area contributed by atoms with E-state index in [-0.39, 0.29) is 12.3 Å². The third kappa shape index (κ3) is 2.25. The zero-order valence-electron chi connectivity index (χ0n) is 11.6. The molecule has 0 saturated heterocycles. The SMILES string of the molecule is CCOc1ccccc1-c1nc2c(F)cccn2c1CO. The van der Waals surface area contributed by atoms with Gasteiger partial charge in [0.05, 0.1) is 24.6 Å². The molecule has 4 nitrogen and oxygen atoms in total. The molecule has 1 aromatic carbocycles. The first-order valence-electron chi connectivity index (χ1n) is 6.74. The number of para-hydroxylation sites is 1. The zero-order valence-corrected chi connectivity index (χ0v) is 11.6. The summed E-state index contributed by atoms with van der Waals surface area (Å²) in [6, 6.07) is 10.3. The summed E-state index contributed by atoms with van der Waals surface area (Å²) in [5.74, 6) is 0.242. The van der Waals surface area contributed by atoms with Gasteiger partial charge in [0.2, 0.25) is 0 Å². The van der Waals surface area contributed by atoms with E-state index in [1.54, 1.807) is 16.7 Å². The van der Waals surface area contributed by atoms with Gasteiger partial charge < -0.3 is 9.84 Å². The Bertz CT molecular complexity index is 783. The Morgan fingerprint density at radius 1 is 1.24 bits per heavy atom. The minimum atomic E-state index is -0.424. The second kappa shape index (κ2) is 5.54. The van der Waals surface area contributed by atoms with Crippen LogP contribution in [0.3, 0.4) is 0 Å². The Kier molecular flexibility index (Phi) is 3.58. The number of imidazole rings is 1. The topological polar surface area (TPSA) is 46.8 Å². The van der Waals surface area contributed by atoms with Gasteiger partial charge in [-0.3, -0.25) is 4.40 Å². The van der Waals surface area contributed by atoms with Crippen LogP contribution in [-0.4, -0.2) is 21.1 Å². The molecule has 0 aliphatic rings. The maximum Gasteiger partial charge on any atom is 0.174 e. The lowest BCUT2D eigenvalue weighted by atomic mass is 10.1. The van der Waals surface area contributed by atoms with Gasteiger partial charge >= 0.3 is 0 Å². The number of fused-ring (bicyclic) bond motifs is 1. The molecule has 0 bridgehead atoms. The molecule has 3 rings (SSSR count). The highest BCUT2D eigenvalue weighted by molar-refractivity contribution is 5.72. The number of nitrogens with zero attached hydrogens (tertiary/aromatic N) is 2. The summed E-state index contributed by atoms with van der Waals surface area (Å²) < 4.78 is 21.0. The van der Waals surface area contributed by atoms with Crippen molar-refractivity contribution in [2.45, 2.75) is 13.5 Å². The van der Waals surface area contributed by atoms with Crippen LogP contribution in [0.5, 0.6) is 5.75 Å². The van der Waals surface area contributed by atoms with E-state index in [0.717, 1.165) is 5.56 Å². The van der Waals surface area contributed by atoms with Crippen LogP contribution in [0, 0.1) is 5.82 Å². The van der Waals surface area contributed by atoms with Gasteiger partial charge in [0.25, 0.3) is 0 Å². The third-order valence-electron chi connectivity index (χ3n) is 3.29. The molecule has 0 spiro atoms. The predicted octanol–water partition coefficient (Wildman–Crippen LogP) is 3.03. The summed E-state index contributed by atoms with van der Waals surface area (Å²) in [4.78, 5) is 4.34. The Morgan fingerprint density at radius 2 is 2.05 bits per heavy atom. The van der Waals surface area contributed by atoms with Crippen molar-refractivity contribution in [3.8, 4) is 17.0 Å². The van der Waals surface area contributed by atoms with Crippen LogP contribution >= 0.6 is 0 Å². The number of rotatable bonds is 4. The van der Waals surface area contributed by atoms with E-state index in [2.05, 4.69) is 4.98 Å². The van der Waals surface area contributed by atoms with E-state index in [4.69, 9.17) is 4.74 Å². The van der Waals surface area contributed by atoms with Gasteiger partial charge in [-0.15, -0.1) is 0 Å². The monoisotopic (exact) mass is 286 g/mol. The molecule has 3 aromatic rings. The lowest BCUT2D eigenvalue weighted by Gasteiger charge is -2.09. The standard InChI is InChI=1S/C16H15FN2O2/c1-2-21-14-8-4-3-6-11(14)15-13(10-20)19-9-5-7-12(17)16(19)18-15/h3-9,20H,2,10H2,1H3. The number of ether oxygens (including phenoxy) is 1. The molecule has 0 radical (unpaired) electrons. The van der Waals surface area contributed by atoms with E-state index in [9.17, 15) is 9.50 Å². The van der Waals surface area contributed by atoms with Crippen LogP contribution in [-0.2, 0) is 6.61 Å². The molecule has 108 valence electrons. The summed E-state index contributed by atoms with van der Waals surface area (Å²) in [5, 5.41) is 9.65. The molecule has 2 aromatic heterocycles. The van der Waals surface area contributed by atoms with Crippen LogP contribution in [0.2, 0.25) is 0 Å². The zero-order chi connectivity index (χ0) is 14.8. The summed E-state index contributed by atoms with van der Waals surface area (Å²) >= 11 is 0. The van der Waals surface area contributed by atoms with Crippen molar-refractivity contribution in [2.24, 2.45) is 0 Å². The number of aliphatic hydroxyl groups excluding tert-OH is 1. The minimum absolute atomic E-state index is 0.197. The van der Waals surface area contributed by atoms with Crippen molar-refractivity contribution in [1.82, 2.24) is 9.38 Å². The highest BCUT2D eigenvalue weighted by atomic mass is 19.1. The second-order valence-electron chi connectivity index (χ2n) is 4.54. The maximum atomic E-state index is 13.9. The quantitative estimate of drug-likeness (QED) is 0.802. The van der Waals surface area contributed by atoms with Gasteiger partial charge in [-0.2, -0.15) is 0 Å². The average molecular weight is 286 g/mol. The van der Waals surface area contributed by atoms with Crippen LogP contribution in [0.4, 0.5) is 4.39 Å². The highest BCUT2D eigenvalue weighted by Crippen LogP contribution is 2.32. The Balaban J connectivity index is 2.28. The summed E-state index contributed by atoms with van der Waals surface area (Å²) in [5.41, 5.74) is 2.01. The molecule has 1 N–H and O–H groups in total. The molecule has 0 aliphatic heterocycles. The minimum Gasteiger partial charge on any atom is -0.493 e. The first kappa shape index (κ1) is 13.6. The van der Waals surface area contributed by atoms with Gasteiger partial charge in [-0.1, -0.05) is 12.1 Å². The molecule has 0 fully saturated rings. The van der Waals surface area contributed by atoms with Gasteiger partial charge in [0, 0.05) is 11.8 Å². The smallest absolute Gasteiger partial charge is 0.174 e. The highest BCUT2D eigenvalue weighted by Gasteiger charge is 2.18. The summed E-state index contributed by atoms with van der Waals surface area (Å²) in [6.07, 6.45) is 1.68. The molecule has 0 amide bonds. The molecule has 0 aliphatic carbocycles. The molecule has 21 heavy (non-hydrogen) atoms. The number of hydrogen-bond acceptors (Lipinski definition) is 3.